The van der Waals surface area contributed by atoms with Gasteiger partial charge in [-0.15, -0.1) is 0 Å². The summed E-state index contributed by atoms with van der Waals surface area (Å²) in [7, 11) is -4.12. The van der Waals surface area contributed by atoms with Crippen LogP contribution in [0.5, 0.6) is 0 Å². The summed E-state index contributed by atoms with van der Waals surface area (Å²) < 4.78 is 26.7. The van der Waals surface area contributed by atoms with Crippen molar-refractivity contribution in [1.82, 2.24) is 10.0 Å². The van der Waals surface area contributed by atoms with E-state index in [9.17, 15) is 23.3 Å². The van der Waals surface area contributed by atoms with E-state index in [1.165, 1.54) is 0 Å². The van der Waals surface area contributed by atoms with Crippen LogP contribution in [0.4, 0.5) is 11.4 Å². The van der Waals surface area contributed by atoms with E-state index in [4.69, 9.17) is 5.73 Å². The number of nitro groups is 1. The number of sulfonamides is 1. The molecule has 4 N–H and O–H groups in total. The first-order valence-electron chi connectivity index (χ1n) is 6.15. The molecule has 114 valence electrons. The molecule has 1 aliphatic rings. The Labute approximate surface area is 120 Å². The number of rotatable bonds is 4. The number of non-ortho nitro benzene ring substituents is 1. The lowest BCUT2D eigenvalue weighted by molar-refractivity contribution is -0.385. The number of amides is 1. The van der Waals surface area contributed by atoms with Gasteiger partial charge in [0.1, 0.15) is 10.9 Å². The second kappa shape index (κ2) is 5.66. The molecule has 2 rings (SSSR count). The van der Waals surface area contributed by atoms with E-state index in [2.05, 4.69) is 10.0 Å². The quantitative estimate of drug-likeness (QED) is 0.396. The zero-order chi connectivity index (χ0) is 15.6. The lowest BCUT2D eigenvalue weighted by Crippen LogP contribution is -2.50. The van der Waals surface area contributed by atoms with E-state index in [0.717, 1.165) is 18.2 Å². The van der Waals surface area contributed by atoms with Crippen LogP contribution in [0, 0.1) is 10.1 Å². The minimum Gasteiger partial charge on any atom is -0.398 e. The van der Waals surface area contributed by atoms with Crippen molar-refractivity contribution in [3.05, 3.63) is 28.3 Å². The number of anilines is 1. The van der Waals surface area contributed by atoms with Gasteiger partial charge in [0, 0.05) is 18.7 Å². The molecule has 0 bridgehead atoms. The molecule has 1 unspecified atom stereocenters. The largest absolute Gasteiger partial charge is 0.398 e. The van der Waals surface area contributed by atoms with Gasteiger partial charge in [0.25, 0.3) is 5.69 Å². The number of nitrogens with two attached hydrogens (primary N) is 1. The molecule has 10 heteroatoms. The summed E-state index contributed by atoms with van der Waals surface area (Å²) in [5.41, 5.74) is 5.06. The molecule has 0 spiro atoms. The van der Waals surface area contributed by atoms with Crippen LogP contribution in [0.3, 0.4) is 0 Å². The number of carbonyl (C=O) groups is 1. The molecule has 1 saturated heterocycles. The predicted molar refractivity (Wildman–Crippen MR) is 73.9 cm³/mol. The van der Waals surface area contributed by atoms with E-state index >= 15 is 0 Å². The normalized spacial score (nSPS) is 19.0. The highest BCUT2D eigenvalue weighted by Crippen LogP contribution is 2.24. The minimum atomic E-state index is -4.12. The maximum absolute atomic E-state index is 12.2. The highest BCUT2D eigenvalue weighted by Gasteiger charge is 2.29. The summed E-state index contributed by atoms with van der Waals surface area (Å²) in [4.78, 5) is 21.2. The second-order valence-corrected chi connectivity index (χ2v) is 6.27. The molecule has 1 fully saturated rings. The van der Waals surface area contributed by atoms with Crippen LogP contribution < -0.4 is 15.8 Å². The van der Waals surface area contributed by atoms with Crippen LogP contribution in [0.1, 0.15) is 12.8 Å². The molecule has 0 aromatic heterocycles. The Morgan fingerprint density at radius 2 is 2.14 bits per heavy atom. The average Bonchev–Trinajstić information content (AvgIpc) is 2.41. The Hall–Kier alpha value is -2.20. The zero-order valence-corrected chi connectivity index (χ0v) is 11.7. The van der Waals surface area contributed by atoms with Gasteiger partial charge in [-0.05, 0) is 18.9 Å². The number of piperidine rings is 1. The van der Waals surface area contributed by atoms with Crippen LogP contribution in [0.2, 0.25) is 0 Å². The van der Waals surface area contributed by atoms with Crippen molar-refractivity contribution in [1.29, 1.82) is 0 Å². The molecule has 1 aliphatic heterocycles. The van der Waals surface area contributed by atoms with Crippen molar-refractivity contribution in [3.8, 4) is 0 Å². The van der Waals surface area contributed by atoms with Crippen molar-refractivity contribution in [2.75, 3.05) is 12.3 Å². The van der Waals surface area contributed by atoms with Gasteiger partial charge in [0.2, 0.25) is 15.9 Å². The van der Waals surface area contributed by atoms with Crippen molar-refractivity contribution in [3.63, 3.8) is 0 Å². The number of benzene rings is 1. The molecule has 1 amide bonds. The molecular weight excluding hydrogens is 300 g/mol. The van der Waals surface area contributed by atoms with Crippen LogP contribution in [-0.4, -0.2) is 31.8 Å². The molecule has 1 heterocycles. The van der Waals surface area contributed by atoms with E-state index in [-0.39, 0.29) is 5.69 Å². The predicted octanol–water partition coefficient (Wildman–Crippen LogP) is -0.266. The van der Waals surface area contributed by atoms with Crippen molar-refractivity contribution >= 4 is 27.3 Å². The number of hydrogen-bond donors (Lipinski definition) is 3. The molecule has 1 aromatic rings. The Balaban J connectivity index is 2.32. The SMILES string of the molecule is Nc1ccc([N+](=O)[O-])cc1S(=O)(=O)NC1CCCNC1=O. The maximum Gasteiger partial charge on any atom is 0.270 e. The highest BCUT2D eigenvalue weighted by atomic mass is 32.2. The topological polar surface area (TPSA) is 144 Å². The first-order valence-corrected chi connectivity index (χ1v) is 7.63. The van der Waals surface area contributed by atoms with Gasteiger partial charge >= 0.3 is 0 Å². The summed E-state index contributed by atoms with van der Waals surface area (Å²) in [5, 5.41) is 13.3. The lowest BCUT2D eigenvalue weighted by atomic mass is 10.1. The Morgan fingerprint density at radius 1 is 1.43 bits per heavy atom. The van der Waals surface area contributed by atoms with Gasteiger partial charge in [0.05, 0.1) is 10.6 Å². The molecule has 1 atom stereocenters. The van der Waals surface area contributed by atoms with Crippen LogP contribution in [0.15, 0.2) is 23.1 Å². The van der Waals surface area contributed by atoms with Crippen LogP contribution in [-0.2, 0) is 14.8 Å². The monoisotopic (exact) mass is 314 g/mol. The van der Waals surface area contributed by atoms with Gasteiger partial charge < -0.3 is 11.1 Å². The third kappa shape index (κ3) is 3.28. The lowest BCUT2D eigenvalue weighted by Gasteiger charge is -2.22. The van der Waals surface area contributed by atoms with Gasteiger partial charge in [-0.3, -0.25) is 14.9 Å². The highest BCUT2D eigenvalue weighted by molar-refractivity contribution is 7.89. The van der Waals surface area contributed by atoms with Crippen LogP contribution >= 0.6 is 0 Å². The molecule has 0 aliphatic carbocycles. The summed E-state index contributed by atoms with van der Waals surface area (Å²) >= 11 is 0. The maximum atomic E-state index is 12.2. The summed E-state index contributed by atoms with van der Waals surface area (Å²) in [5.74, 6) is -0.422. The van der Waals surface area contributed by atoms with Gasteiger partial charge in [-0.1, -0.05) is 0 Å². The van der Waals surface area contributed by atoms with E-state index in [1.807, 2.05) is 0 Å². The fourth-order valence-corrected chi connectivity index (χ4v) is 3.39. The molecule has 0 saturated carbocycles. The number of nitrogen functional groups attached to an aromatic ring is 1. The Bertz CT molecular complexity index is 688. The molecule has 21 heavy (non-hydrogen) atoms. The summed E-state index contributed by atoms with van der Waals surface area (Å²) in [6, 6.07) is 2.23. The number of nitro benzene ring substituents is 1. The van der Waals surface area contributed by atoms with Crippen molar-refractivity contribution < 1.29 is 18.1 Å². The third-order valence-electron chi connectivity index (χ3n) is 3.08. The number of nitrogens with zero attached hydrogens (tertiary/aromatic N) is 1. The second-order valence-electron chi connectivity index (χ2n) is 4.59. The van der Waals surface area contributed by atoms with Gasteiger partial charge in [-0.25, -0.2) is 8.42 Å². The first kappa shape index (κ1) is 15.2. The Morgan fingerprint density at radius 3 is 2.76 bits per heavy atom. The van der Waals surface area contributed by atoms with E-state index in [0.29, 0.717) is 19.4 Å². The van der Waals surface area contributed by atoms with Gasteiger partial charge in [0.15, 0.2) is 0 Å². The van der Waals surface area contributed by atoms with E-state index in [1.54, 1.807) is 0 Å². The summed E-state index contributed by atoms with van der Waals surface area (Å²) in [6.45, 7) is 0.496. The summed E-state index contributed by atoms with van der Waals surface area (Å²) in [6.07, 6.45) is 1.00. The molecule has 1 aromatic carbocycles. The number of hydrogen-bond acceptors (Lipinski definition) is 6. The molecule has 0 radical (unpaired) electrons. The Kier molecular flexibility index (Phi) is 4.09. The number of carbonyl (C=O) groups excluding carboxylic acids is 1. The average molecular weight is 314 g/mol. The fourth-order valence-electron chi connectivity index (χ4n) is 2.00. The van der Waals surface area contributed by atoms with Crippen LogP contribution in [0.25, 0.3) is 0 Å². The number of nitrogens with one attached hydrogen (secondary N) is 2. The fraction of sp³-hybridized carbons (Fsp3) is 0.364. The van der Waals surface area contributed by atoms with Gasteiger partial charge in [-0.2, -0.15) is 4.72 Å². The first-order chi connectivity index (χ1) is 9.81. The zero-order valence-electron chi connectivity index (χ0n) is 10.9. The molecule has 9 nitrogen and oxygen atoms in total. The van der Waals surface area contributed by atoms with Crippen molar-refractivity contribution in [2.24, 2.45) is 0 Å². The van der Waals surface area contributed by atoms with Crippen molar-refractivity contribution in [2.45, 2.75) is 23.8 Å². The third-order valence-corrected chi connectivity index (χ3v) is 4.61. The standard InChI is InChI=1S/C11H14N4O5S/c12-8-4-3-7(15(17)18)6-10(8)21(19,20)14-9-2-1-5-13-11(9)16/h3-4,6,9,14H,1-2,5,12H2,(H,13,16). The molecular formula is C11H14N4O5S. The minimum absolute atomic E-state index is 0.121. The smallest absolute Gasteiger partial charge is 0.270 e. The van der Waals surface area contributed by atoms with E-state index < -0.39 is 37.5 Å².